The van der Waals surface area contributed by atoms with Crippen molar-refractivity contribution in [2.75, 3.05) is 0 Å². The summed E-state index contributed by atoms with van der Waals surface area (Å²) in [6, 6.07) is 14.9. The third kappa shape index (κ3) is 3.88. The molecule has 0 atom stereocenters. The zero-order valence-electron chi connectivity index (χ0n) is 13.4. The number of phenols is 1. The Morgan fingerprint density at radius 3 is 2.09 bits per heavy atom. The van der Waals surface area contributed by atoms with Crippen LogP contribution in [0, 0.1) is 0 Å². The number of hydrogen-bond donors (Lipinski definition) is 2. The standard InChI is InChI=1S/C18H20N2O3/c1-18(2,3)20(17(23)14-11-7-8-12-15(14)21)19-16(22)13-9-5-4-6-10-13/h4-12,21H,1-3H3,(H,19,22). The van der Waals surface area contributed by atoms with Gasteiger partial charge in [-0.25, -0.2) is 5.01 Å². The van der Waals surface area contributed by atoms with E-state index in [4.69, 9.17) is 0 Å². The normalized spacial score (nSPS) is 10.9. The van der Waals surface area contributed by atoms with Crippen LogP contribution >= 0.6 is 0 Å². The average Bonchev–Trinajstić information content (AvgIpc) is 2.52. The van der Waals surface area contributed by atoms with Gasteiger partial charge in [-0.15, -0.1) is 0 Å². The molecule has 0 heterocycles. The molecule has 0 aliphatic rings. The Kier molecular flexibility index (Phi) is 4.69. The summed E-state index contributed by atoms with van der Waals surface area (Å²) >= 11 is 0. The summed E-state index contributed by atoms with van der Waals surface area (Å²) in [5.74, 6) is -0.982. The highest BCUT2D eigenvalue weighted by molar-refractivity contribution is 6.00. The molecule has 0 bridgehead atoms. The predicted molar refractivity (Wildman–Crippen MR) is 87.9 cm³/mol. The lowest BCUT2D eigenvalue weighted by Gasteiger charge is -2.35. The number of carbonyl (C=O) groups excluding carboxylic acids is 2. The van der Waals surface area contributed by atoms with Gasteiger partial charge in [-0.05, 0) is 45.0 Å². The lowest BCUT2D eigenvalue weighted by molar-refractivity contribution is 0.0356. The minimum absolute atomic E-state index is 0.124. The van der Waals surface area contributed by atoms with Gasteiger partial charge in [0.05, 0.1) is 11.1 Å². The summed E-state index contributed by atoms with van der Waals surface area (Å²) in [7, 11) is 0. The van der Waals surface area contributed by atoms with Gasteiger partial charge in [0.2, 0.25) is 0 Å². The number of hydrogen-bond acceptors (Lipinski definition) is 3. The minimum Gasteiger partial charge on any atom is -0.507 e. The van der Waals surface area contributed by atoms with Crippen molar-refractivity contribution < 1.29 is 14.7 Å². The first-order valence-corrected chi connectivity index (χ1v) is 7.29. The number of hydrazine groups is 1. The summed E-state index contributed by atoms with van der Waals surface area (Å²) in [4.78, 5) is 25.1. The Bertz CT molecular complexity index is 706. The molecular formula is C18H20N2O3. The summed E-state index contributed by atoms with van der Waals surface area (Å²) in [6.07, 6.45) is 0. The molecule has 0 spiro atoms. The molecule has 0 saturated carbocycles. The molecule has 2 rings (SSSR count). The quantitative estimate of drug-likeness (QED) is 0.838. The Morgan fingerprint density at radius 1 is 0.957 bits per heavy atom. The van der Waals surface area contributed by atoms with Gasteiger partial charge < -0.3 is 5.11 Å². The van der Waals surface area contributed by atoms with E-state index >= 15 is 0 Å². The van der Waals surface area contributed by atoms with Crippen LogP contribution in [-0.4, -0.2) is 27.5 Å². The molecule has 2 N–H and O–H groups in total. The Morgan fingerprint density at radius 2 is 1.52 bits per heavy atom. The zero-order valence-corrected chi connectivity index (χ0v) is 13.4. The van der Waals surface area contributed by atoms with Crippen molar-refractivity contribution in [2.45, 2.75) is 26.3 Å². The fourth-order valence-corrected chi connectivity index (χ4v) is 2.05. The lowest BCUT2D eigenvalue weighted by Crippen LogP contribution is -2.55. The van der Waals surface area contributed by atoms with Gasteiger partial charge in [0.25, 0.3) is 11.8 Å². The van der Waals surface area contributed by atoms with E-state index in [2.05, 4.69) is 5.43 Å². The van der Waals surface area contributed by atoms with E-state index in [1.807, 2.05) is 6.07 Å². The average molecular weight is 312 g/mol. The second-order valence-electron chi connectivity index (χ2n) is 6.14. The SMILES string of the molecule is CC(C)(C)N(NC(=O)c1ccccc1)C(=O)c1ccccc1O. The van der Waals surface area contributed by atoms with E-state index < -0.39 is 11.4 Å². The van der Waals surface area contributed by atoms with Crippen LogP contribution in [0.3, 0.4) is 0 Å². The third-order valence-electron chi connectivity index (χ3n) is 3.26. The number of rotatable bonds is 2. The molecule has 5 nitrogen and oxygen atoms in total. The number of nitrogens with zero attached hydrogens (tertiary/aromatic N) is 1. The molecule has 0 aliphatic carbocycles. The smallest absolute Gasteiger partial charge is 0.276 e. The fraction of sp³-hybridized carbons (Fsp3) is 0.222. The Hall–Kier alpha value is -2.82. The van der Waals surface area contributed by atoms with Gasteiger partial charge in [0.15, 0.2) is 0 Å². The maximum absolute atomic E-state index is 12.7. The van der Waals surface area contributed by atoms with Gasteiger partial charge in [-0.1, -0.05) is 30.3 Å². The largest absolute Gasteiger partial charge is 0.507 e. The number of nitrogens with one attached hydrogen (secondary N) is 1. The minimum atomic E-state index is -0.663. The molecule has 0 aromatic heterocycles. The molecule has 0 radical (unpaired) electrons. The molecule has 120 valence electrons. The predicted octanol–water partition coefficient (Wildman–Crippen LogP) is 2.98. The number of para-hydroxylation sites is 1. The monoisotopic (exact) mass is 312 g/mol. The van der Waals surface area contributed by atoms with E-state index in [1.165, 1.54) is 17.1 Å². The highest BCUT2D eigenvalue weighted by Gasteiger charge is 2.30. The number of phenolic OH excluding ortho intramolecular Hbond substituents is 1. The second kappa shape index (κ2) is 6.52. The van der Waals surface area contributed by atoms with Crippen molar-refractivity contribution >= 4 is 11.8 Å². The summed E-state index contributed by atoms with van der Waals surface area (Å²) < 4.78 is 0. The van der Waals surface area contributed by atoms with Crippen molar-refractivity contribution in [2.24, 2.45) is 0 Å². The summed E-state index contributed by atoms with van der Waals surface area (Å²) in [5, 5.41) is 11.1. The summed E-state index contributed by atoms with van der Waals surface area (Å²) in [6.45, 7) is 5.41. The van der Waals surface area contributed by atoms with Crippen molar-refractivity contribution in [3.63, 3.8) is 0 Å². The van der Waals surface area contributed by atoms with E-state index in [0.717, 1.165) is 0 Å². The molecule has 0 saturated heterocycles. The highest BCUT2D eigenvalue weighted by Crippen LogP contribution is 2.21. The van der Waals surface area contributed by atoms with Crippen molar-refractivity contribution in [1.29, 1.82) is 0 Å². The van der Waals surface area contributed by atoms with E-state index in [9.17, 15) is 14.7 Å². The molecule has 2 amide bonds. The van der Waals surface area contributed by atoms with Crippen molar-refractivity contribution in [3.8, 4) is 5.75 Å². The number of carbonyl (C=O) groups is 2. The molecule has 0 aliphatic heterocycles. The Labute approximate surface area is 135 Å². The van der Waals surface area contributed by atoms with Crippen LogP contribution in [0.25, 0.3) is 0 Å². The van der Waals surface area contributed by atoms with Crippen LogP contribution in [0.15, 0.2) is 54.6 Å². The fourth-order valence-electron chi connectivity index (χ4n) is 2.05. The van der Waals surface area contributed by atoms with Crippen LogP contribution in [0.1, 0.15) is 41.5 Å². The molecule has 0 unspecified atom stereocenters. The van der Waals surface area contributed by atoms with Crippen LogP contribution in [0.2, 0.25) is 0 Å². The molecular weight excluding hydrogens is 292 g/mol. The van der Waals surface area contributed by atoms with Crippen molar-refractivity contribution in [3.05, 3.63) is 65.7 Å². The number of benzene rings is 2. The highest BCUT2D eigenvalue weighted by atomic mass is 16.3. The van der Waals surface area contributed by atoms with Gasteiger partial charge in [-0.3, -0.25) is 15.0 Å². The first kappa shape index (κ1) is 16.5. The van der Waals surface area contributed by atoms with Gasteiger partial charge >= 0.3 is 0 Å². The van der Waals surface area contributed by atoms with E-state index in [-0.39, 0.29) is 17.2 Å². The molecule has 2 aromatic rings. The van der Waals surface area contributed by atoms with Crippen LogP contribution < -0.4 is 5.43 Å². The second-order valence-corrected chi connectivity index (χ2v) is 6.14. The lowest BCUT2D eigenvalue weighted by atomic mass is 10.1. The van der Waals surface area contributed by atoms with Crippen LogP contribution in [-0.2, 0) is 0 Å². The number of amides is 2. The van der Waals surface area contributed by atoms with Crippen molar-refractivity contribution in [1.82, 2.24) is 10.4 Å². The first-order valence-electron chi connectivity index (χ1n) is 7.29. The van der Waals surface area contributed by atoms with Gasteiger partial charge in [0.1, 0.15) is 5.75 Å². The topological polar surface area (TPSA) is 69.6 Å². The van der Waals surface area contributed by atoms with Gasteiger partial charge in [-0.2, -0.15) is 0 Å². The third-order valence-corrected chi connectivity index (χ3v) is 3.26. The zero-order chi connectivity index (χ0) is 17.0. The molecule has 0 fully saturated rings. The maximum atomic E-state index is 12.7. The molecule has 5 heteroatoms. The number of aromatic hydroxyl groups is 1. The van der Waals surface area contributed by atoms with E-state index in [1.54, 1.807) is 57.2 Å². The van der Waals surface area contributed by atoms with Crippen LogP contribution in [0.4, 0.5) is 0 Å². The maximum Gasteiger partial charge on any atom is 0.276 e. The summed E-state index contributed by atoms with van der Waals surface area (Å²) in [5.41, 5.74) is 2.56. The first-order chi connectivity index (χ1) is 10.8. The van der Waals surface area contributed by atoms with Crippen LogP contribution in [0.5, 0.6) is 5.75 Å². The molecule has 2 aromatic carbocycles. The molecule has 23 heavy (non-hydrogen) atoms. The Balaban J connectivity index is 2.30. The van der Waals surface area contributed by atoms with Gasteiger partial charge in [0, 0.05) is 5.56 Å². The van der Waals surface area contributed by atoms with E-state index in [0.29, 0.717) is 5.56 Å².